The van der Waals surface area contributed by atoms with Gasteiger partial charge in [0.25, 0.3) is 0 Å². The summed E-state index contributed by atoms with van der Waals surface area (Å²) >= 11 is 0. The van der Waals surface area contributed by atoms with Gasteiger partial charge in [-0.05, 0) is 26.2 Å². The van der Waals surface area contributed by atoms with E-state index in [9.17, 15) is 0 Å². The highest BCUT2D eigenvalue weighted by atomic mass is 15.3. The Morgan fingerprint density at radius 2 is 1.95 bits per heavy atom. The first kappa shape index (κ1) is 12.8. The Bertz CT molecular complexity index is 586. The van der Waals surface area contributed by atoms with Crippen LogP contribution in [0.25, 0.3) is 11.6 Å². The van der Waals surface area contributed by atoms with Crippen molar-refractivity contribution >= 4 is 11.9 Å². The van der Waals surface area contributed by atoms with E-state index < -0.39 is 0 Å². The molecule has 0 radical (unpaired) electrons. The molecule has 1 saturated heterocycles. The normalized spacial score (nSPS) is 15.6. The van der Waals surface area contributed by atoms with Crippen LogP contribution in [0.15, 0.2) is 12.4 Å². The van der Waals surface area contributed by atoms with Gasteiger partial charge in [0.05, 0.1) is 0 Å². The zero-order chi connectivity index (χ0) is 13.9. The monoisotopic (exact) mass is 273 g/mol. The molecule has 3 rings (SSSR count). The van der Waals surface area contributed by atoms with Gasteiger partial charge in [0.1, 0.15) is 0 Å². The number of nitrogens with zero attached hydrogens (tertiary/aromatic N) is 6. The smallest absolute Gasteiger partial charge is 0.230 e. The average Bonchev–Trinajstić information content (AvgIpc) is 2.96. The molecule has 3 heterocycles. The molecule has 1 aliphatic rings. The van der Waals surface area contributed by atoms with E-state index in [0.717, 1.165) is 25.5 Å². The number of imidazole rings is 1. The summed E-state index contributed by atoms with van der Waals surface area (Å²) in [6.45, 7) is 4.83. The predicted octanol–water partition coefficient (Wildman–Crippen LogP) is 1.33. The maximum absolute atomic E-state index is 5.84. The van der Waals surface area contributed by atoms with Gasteiger partial charge < -0.3 is 15.2 Å². The van der Waals surface area contributed by atoms with E-state index in [4.69, 9.17) is 5.73 Å². The van der Waals surface area contributed by atoms with E-state index in [1.807, 2.05) is 10.8 Å². The number of aromatic nitrogens is 5. The third-order valence-corrected chi connectivity index (χ3v) is 3.54. The molecule has 0 saturated carbocycles. The van der Waals surface area contributed by atoms with Crippen LogP contribution in [-0.4, -0.2) is 37.6 Å². The summed E-state index contributed by atoms with van der Waals surface area (Å²) < 4.78 is 1.99. The number of aryl methyl sites for hydroxylation is 1. The first-order valence-electron chi connectivity index (χ1n) is 7.06. The van der Waals surface area contributed by atoms with E-state index in [2.05, 4.69) is 31.8 Å². The van der Waals surface area contributed by atoms with Crippen LogP contribution in [0.1, 0.15) is 26.2 Å². The molecule has 0 spiro atoms. The van der Waals surface area contributed by atoms with Crippen LogP contribution in [0.2, 0.25) is 0 Å². The van der Waals surface area contributed by atoms with E-state index in [1.165, 1.54) is 19.3 Å². The molecule has 106 valence electrons. The third-order valence-electron chi connectivity index (χ3n) is 3.54. The van der Waals surface area contributed by atoms with Crippen LogP contribution in [0.4, 0.5) is 11.9 Å². The highest BCUT2D eigenvalue weighted by Gasteiger charge is 2.17. The average molecular weight is 273 g/mol. The number of rotatable bonds is 3. The Morgan fingerprint density at radius 1 is 1.15 bits per heavy atom. The summed E-state index contributed by atoms with van der Waals surface area (Å²) in [4.78, 5) is 19.5. The Labute approximate surface area is 117 Å². The van der Waals surface area contributed by atoms with E-state index in [-0.39, 0.29) is 5.95 Å². The lowest BCUT2D eigenvalue weighted by Crippen LogP contribution is -2.31. The second-order valence-electron chi connectivity index (χ2n) is 4.90. The fraction of sp³-hybridized carbons (Fsp3) is 0.538. The molecular weight excluding hydrogens is 254 g/mol. The molecule has 2 N–H and O–H groups in total. The molecule has 0 aromatic carbocycles. The van der Waals surface area contributed by atoms with Gasteiger partial charge in [0, 0.05) is 32.0 Å². The van der Waals surface area contributed by atoms with Crippen LogP contribution >= 0.6 is 0 Å². The second kappa shape index (κ2) is 5.44. The lowest BCUT2D eigenvalue weighted by atomic mass is 10.1. The fourth-order valence-corrected chi connectivity index (χ4v) is 2.49. The number of nitrogen functional groups attached to an aromatic ring is 1. The first-order chi connectivity index (χ1) is 9.78. The molecule has 7 nitrogen and oxygen atoms in total. The van der Waals surface area contributed by atoms with Gasteiger partial charge in [-0.1, -0.05) is 0 Å². The third kappa shape index (κ3) is 2.43. The van der Waals surface area contributed by atoms with Gasteiger partial charge in [0.2, 0.25) is 17.7 Å². The van der Waals surface area contributed by atoms with Crippen LogP contribution in [0.3, 0.4) is 0 Å². The SMILES string of the molecule is CCn1ccnc1-c1nc(N)nc(N2CCCCC2)n1. The largest absolute Gasteiger partial charge is 0.368 e. The second-order valence-corrected chi connectivity index (χ2v) is 4.90. The number of anilines is 2. The van der Waals surface area contributed by atoms with Crippen LogP contribution in [0.5, 0.6) is 0 Å². The van der Waals surface area contributed by atoms with Gasteiger partial charge in [-0.15, -0.1) is 0 Å². The maximum atomic E-state index is 5.84. The Morgan fingerprint density at radius 3 is 2.70 bits per heavy atom. The molecule has 0 aliphatic carbocycles. The number of nitrogens with two attached hydrogens (primary N) is 1. The minimum atomic E-state index is 0.251. The molecule has 0 amide bonds. The Kier molecular flexibility index (Phi) is 3.49. The van der Waals surface area contributed by atoms with Crippen LogP contribution in [-0.2, 0) is 6.54 Å². The summed E-state index contributed by atoms with van der Waals surface area (Å²) in [5.41, 5.74) is 5.84. The lowest BCUT2D eigenvalue weighted by Gasteiger charge is -2.26. The fourth-order valence-electron chi connectivity index (χ4n) is 2.49. The minimum absolute atomic E-state index is 0.251. The summed E-state index contributed by atoms with van der Waals surface area (Å²) in [5, 5.41) is 0. The van der Waals surface area contributed by atoms with E-state index >= 15 is 0 Å². The molecule has 7 heteroatoms. The van der Waals surface area contributed by atoms with Crippen molar-refractivity contribution in [2.24, 2.45) is 0 Å². The van der Waals surface area contributed by atoms with Crippen molar-refractivity contribution in [3.63, 3.8) is 0 Å². The summed E-state index contributed by atoms with van der Waals surface area (Å²) in [7, 11) is 0. The first-order valence-corrected chi connectivity index (χ1v) is 7.06. The molecule has 0 unspecified atom stereocenters. The Balaban J connectivity index is 1.98. The van der Waals surface area contributed by atoms with Gasteiger partial charge in [-0.25, -0.2) is 4.98 Å². The topological polar surface area (TPSA) is 85.8 Å². The lowest BCUT2D eigenvalue weighted by molar-refractivity contribution is 0.567. The Hall–Kier alpha value is -2.18. The molecule has 0 atom stereocenters. The highest BCUT2D eigenvalue weighted by Crippen LogP contribution is 2.20. The molecular formula is C13H19N7. The van der Waals surface area contributed by atoms with Crippen LogP contribution in [0, 0.1) is 0 Å². The zero-order valence-corrected chi connectivity index (χ0v) is 11.7. The van der Waals surface area contributed by atoms with Gasteiger partial charge in [-0.3, -0.25) is 0 Å². The van der Waals surface area contributed by atoms with Crippen molar-refractivity contribution in [1.29, 1.82) is 0 Å². The van der Waals surface area contributed by atoms with Crippen molar-refractivity contribution in [2.45, 2.75) is 32.7 Å². The van der Waals surface area contributed by atoms with Crippen molar-refractivity contribution in [3.8, 4) is 11.6 Å². The molecule has 20 heavy (non-hydrogen) atoms. The summed E-state index contributed by atoms with van der Waals surface area (Å²) in [6, 6.07) is 0. The molecule has 2 aromatic heterocycles. The van der Waals surface area contributed by atoms with Gasteiger partial charge in [0.15, 0.2) is 5.82 Å². The molecule has 0 bridgehead atoms. The van der Waals surface area contributed by atoms with Crippen molar-refractivity contribution < 1.29 is 0 Å². The quantitative estimate of drug-likeness (QED) is 0.908. The van der Waals surface area contributed by atoms with Crippen LogP contribution < -0.4 is 10.6 Å². The number of hydrogen-bond donors (Lipinski definition) is 1. The summed E-state index contributed by atoms with van der Waals surface area (Å²) in [6.07, 6.45) is 7.27. The van der Waals surface area contributed by atoms with E-state index in [1.54, 1.807) is 6.20 Å². The van der Waals surface area contributed by atoms with Gasteiger partial charge >= 0.3 is 0 Å². The maximum Gasteiger partial charge on any atom is 0.230 e. The number of piperidine rings is 1. The minimum Gasteiger partial charge on any atom is -0.368 e. The predicted molar refractivity (Wildman–Crippen MR) is 77.2 cm³/mol. The summed E-state index contributed by atoms with van der Waals surface area (Å²) in [5.74, 6) is 2.20. The molecule has 1 fully saturated rings. The van der Waals surface area contributed by atoms with Crippen molar-refractivity contribution in [3.05, 3.63) is 12.4 Å². The van der Waals surface area contributed by atoms with Crippen molar-refractivity contribution in [1.82, 2.24) is 24.5 Å². The van der Waals surface area contributed by atoms with Crippen molar-refractivity contribution in [2.75, 3.05) is 23.7 Å². The molecule has 1 aliphatic heterocycles. The molecule has 2 aromatic rings. The van der Waals surface area contributed by atoms with E-state index in [0.29, 0.717) is 11.8 Å². The highest BCUT2D eigenvalue weighted by molar-refractivity contribution is 5.50. The standard InChI is InChI=1S/C13H19N7/c1-2-19-9-6-15-11(19)10-16-12(14)18-13(17-10)20-7-4-3-5-8-20/h6,9H,2-5,7-8H2,1H3,(H2,14,16,17,18). The number of hydrogen-bond acceptors (Lipinski definition) is 6. The zero-order valence-electron chi connectivity index (χ0n) is 11.7. The van der Waals surface area contributed by atoms with Gasteiger partial charge in [-0.2, -0.15) is 15.0 Å².